The van der Waals surface area contributed by atoms with Gasteiger partial charge in [0, 0.05) is 6.42 Å². The van der Waals surface area contributed by atoms with Crippen LogP contribution in [0.25, 0.3) is 11.2 Å². The zero-order valence-electron chi connectivity index (χ0n) is 12.0. The molecule has 8 heteroatoms. The van der Waals surface area contributed by atoms with Crippen LogP contribution in [0.1, 0.15) is 26.0 Å². The minimum absolute atomic E-state index is 0.180. The van der Waals surface area contributed by atoms with Gasteiger partial charge in [-0.1, -0.05) is 0 Å². The SMILES string of the molecule is CC#CCC[C@H]1O[C@@H](n2cnc3c(N)ncnc32)[C@H](O)[C@@H]1S. The van der Waals surface area contributed by atoms with E-state index < -0.39 is 12.3 Å². The van der Waals surface area contributed by atoms with Crippen LogP contribution >= 0.6 is 12.6 Å². The smallest absolute Gasteiger partial charge is 0.167 e. The number of aliphatic hydroxyl groups is 1. The van der Waals surface area contributed by atoms with E-state index >= 15 is 0 Å². The van der Waals surface area contributed by atoms with E-state index in [1.54, 1.807) is 17.8 Å². The van der Waals surface area contributed by atoms with Crippen molar-refractivity contribution >= 4 is 29.6 Å². The Morgan fingerprint density at radius 2 is 2.27 bits per heavy atom. The summed E-state index contributed by atoms with van der Waals surface area (Å²) in [5, 5.41) is 10.1. The number of hydrogen-bond donors (Lipinski definition) is 3. The molecule has 7 nitrogen and oxygen atoms in total. The maximum absolute atomic E-state index is 10.4. The molecule has 0 aromatic carbocycles. The summed E-state index contributed by atoms with van der Waals surface area (Å²) in [4.78, 5) is 12.3. The second-order valence-electron chi connectivity index (χ2n) is 5.09. The van der Waals surface area contributed by atoms with Gasteiger partial charge in [-0.05, 0) is 13.3 Å². The van der Waals surface area contributed by atoms with Crippen LogP contribution in [0.5, 0.6) is 0 Å². The van der Waals surface area contributed by atoms with E-state index in [0.717, 1.165) is 0 Å². The van der Waals surface area contributed by atoms with Gasteiger partial charge in [-0.25, -0.2) is 15.0 Å². The fourth-order valence-electron chi connectivity index (χ4n) is 2.59. The molecular formula is C14H17N5O2S. The highest BCUT2D eigenvalue weighted by molar-refractivity contribution is 7.81. The first-order valence-corrected chi connectivity index (χ1v) is 7.49. The molecule has 1 aliphatic rings. The first-order valence-electron chi connectivity index (χ1n) is 6.97. The van der Waals surface area contributed by atoms with Crippen molar-refractivity contribution in [3.8, 4) is 11.8 Å². The standard InChI is InChI=1S/C14H17N5O2S/c1-2-3-4-5-8-11(22)10(20)14(21-8)19-7-18-9-12(15)16-6-17-13(9)19/h6-8,10-11,14,20,22H,4-5H2,1H3,(H2,15,16,17)/t8-,10-,11-,14-/m1/s1. The van der Waals surface area contributed by atoms with Crippen molar-refractivity contribution in [3.63, 3.8) is 0 Å². The van der Waals surface area contributed by atoms with Crippen LogP contribution in [0.2, 0.25) is 0 Å². The second kappa shape index (κ2) is 6.12. The van der Waals surface area contributed by atoms with Gasteiger partial charge in [-0.3, -0.25) is 4.57 Å². The quantitative estimate of drug-likeness (QED) is 0.571. The number of rotatable bonds is 3. The third-order valence-electron chi connectivity index (χ3n) is 3.73. The topological polar surface area (TPSA) is 99.1 Å². The molecule has 0 bridgehead atoms. The average molecular weight is 319 g/mol. The molecule has 116 valence electrons. The number of imidazole rings is 1. The molecule has 2 aromatic rings. The zero-order chi connectivity index (χ0) is 15.7. The number of hydrogen-bond acceptors (Lipinski definition) is 7. The Kier molecular flexibility index (Phi) is 4.20. The van der Waals surface area contributed by atoms with E-state index in [-0.39, 0.29) is 11.4 Å². The van der Waals surface area contributed by atoms with Gasteiger partial charge >= 0.3 is 0 Å². The zero-order valence-corrected chi connectivity index (χ0v) is 12.9. The first kappa shape index (κ1) is 15.1. The number of aromatic nitrogens is 4. The Hall–Kier alpha value is -1.82. The van der Waals surface area contributed by atoms with Crippen molar-refractivity contribution in [2.75, 3.05) is 5.73 Å². The largest absolute Gasteiger partial charge is 0.387 e. The minimum atomic E-state index is -0.767. The van der Waals surface area contributed by atoms with Crippen LogP contribution in [-0.4, -0.2) is 42.1 Å². The number of aliphatic hydroxyl groups excluding tert-OH is 1. The minimum Gasteiger partial charge on any atom is -0.387 e. The molecule has 1 aliphatic heterocycles. The van der Waals surface area contributed by atoms with Crippen LogP contribution in [0.15, 0.2) is 12.7 Å². The van der Waals surface area contributed by atoms with Gasteiger partial charge in [0.2, 0.25) is 0 Å². The van der Waals surface area contributed by atoms with E-state index in [9.17, 15) is 5.11 Å². The van der Waals surface area contributed by atoms with Gasteiger partial charge in [0.05, 0.1) is 17.7 Å². The summed E-state index contributed by atoms with van der Waals surface area (Å²) in [5.41, 5.74) is 6.81. The van der Waals surface area contributed by atoms with E-state index in [1.165, 1.54) is 6.33 Å². The van der Waals surface area contributed by atoms with E-state index in [2.05, 4.69) is 39.4 Å². The lowest BCUT2D eigenvalue weighted by molar-refractivity contribution is -0.0363. The van der Waals surface area contributed by atoms with Crippen LogP contribution in [-0.2, 0) is 4.74 Å². The average Bonchev–Trinajstić information content (AvgIpc) is 3.05. The maximum atomic E-state index is 10.4. The lowest BCUT2D eigenvalue weighted by atomic mass is 10.1. The Bertz CT molecular complexity index is 738. The highest BCUT2D eigenvalue weighted by atomic mass is 32.1. The number of fused-ring (bicyclic) bond motifs is 1. The van der Waals surface area contributed by atoms with Crippen LogP contribution in [0, 0.1) is 11.8 Å². The molecule has 0 aliphatic carbocycles. The van der Waals surface area contributed by atoms with Crippen molar-refractivity contribution in [2.45, 2.75) is 43.5 Å². The molecule has 3 rings (SSSR count). The molecule has 0 spiro atoms. The van der Waals surface area contributed by atoms with Crippen molar-refractivity contribution in [1.29, 1.82) is 0 Å². The van der Waals surface area contributed by atoms with Crippen molar-refractivity contribution in [1.82, 2.24) is 19.5 Å². The molecule has 0 radical (unpaired) electrons. The van der Waals surface area contributed by atoms with Crippen molar-refractivity contribution in [3.05, 3.63) is 12.7 Å². The highest BCUT2D eigenvalue weighted by Gasteiger charge is 2.42. The lowest BCUT2D eigenvalue weighted by Crippen LogP contribution is -2.27. The normalized spacial score (nSPS) is 27.8. The molecule has 3 N–H and O–H groups in total. The molecule has 22 heavy (non-hydrogen) atoms. The molecule has 0 unspecified atom stereocenters. The fraction of sp³-hybridized carbons (Fsp3) is 0.500. The summed E-state index contributed by atoms with van der Waals surface area (Å²) in [6, 6.07) is 0. The van der Waals surface area contributed by atoms with Gasteiger partial charge in [-0.2, -0.15) is 12.6 Å². The van der Waals surface area contributed by atoms with E-state index in [0.29, 0.717) is 29.8 Å². The Balaban J connectivity index is 1.87. The Morgan fingerprint density at radius 3 is 3.05 bits per heavy atom. The predicted molar refractivity (Wildman–Crippen MR) is 85.1 cm³/mol. The summed E-state index contributed by atoms with van der Waals surface area (Å²) in [5.74, 6) is 6.14. The third-order valence-corrected chi connectivity index (χ3v) is 4.37. The van der Waals surface area contributed by atoms with Crippen LogP contribution in [0.4, 0.5) is 5.82 Å². The van der Waals surface area contributed by atoms with Gasteiger partial charge in [0.15, 0.2) is 17.7 Å². The summed E-state index contributed by atoms with van der Waals surface area (Å²) < 4.78 is 7.63. The monoisotopic (exact) mass is 319 g/mol. The van der Waals surface area contributed by atoms with Gasteiger partial charge in [0.1, 0.15) is 17.9 Å². The number of nitrogens with two attached hydrogens (primary N) is 1. The number of ether oxygens (including phenoxy) is 1. The van der Waals surface area contributed by atoms with Crippen LogP contribution < -0.4 is 5.73 Å². The first-order chi connectivity index (χ1) is 10.6. The third kappa shape index (κ3) is 2.52. The molecule has 3 heterocycles. The molecular weight excluding hydrogens is 302 g/mol. The van der Waals surface area contributed by atoms with Gasteiger partial charge in [0.25, 0.3) is 0 Å². The summed E-state index contributed by atoms with van der Waals surface area (Å²) in [6.45, 7) is 1.80. The number of thiol groups is 1. The molecule has 4 atom stereocenters. The molecule has 0 amide bonds. The van der Waals surface area contributed by atoms with Gasteiger partial charge in [-0.15, -0.1) is 11.8 Å². The summed E-state index contributed by atoms with van der Waals surface area (Å²) in [7, 11) is 0. The predicted octanol–water partition coefficient (Wildman–Crippen LogP) is 0.769. The molecule has 1 saturated heterocycles. The molecule has 0 saturated carbocycles. The van der Waals surface area contributed by atoms with E-state index in [4.69, 9.17) is 10.5 Å². The van der Waals surface area contributed by atoms with Crippen molar-refractivity contribution < 1.29 is 9.84 Å². The van der Waals surface area contributed by atoms with Crippen molar-refractivity contribution in [2.24, 2.45) is 0 Å². The highest BCUT2D eigenvalue weighted by Crippen LogP contribution is 2.36. The van der Waals surface area contributed by atoms with E-state index in [1.807, 2.05) is 0 Å². The van der Waals surface area contributed by atoms with Gasteiger partial charge < -0.3 is 15.6 Å². The summed E-state index contributed by atoms with van der Waals surface area (Å²) in [6.07, 6.45) is 2.80. The maximum Gasteiger partial charge on any atom is 0.167 e. The second-order valence-corrected chi connectivity index (χ2v) is 5.69. The number of nitrogens with zero attached hydrogens (tertiary/aromatic N) is 4. The fourth-order valence-corrected chi connectivity index (χ4v) is 2.96. The lowest BCUT2D eigenvalue weighted by Gasteiger charge is -2.16. The van der Waals surface area contributed by atoms with Crippen LogP contribution in [0.3, 0.4) is 0 Å². The Morgan fingerprint density at radius 1 is 1.45 bits per heavy atom. The number of nitrogen functional groups attached to an aromatic ring is 1. The molecule has 1 fully saturated rings. The number of anilines is 1. The summed E-state index contributed by atoms with van der Waals surface area (Å²) >= 11 is 4.48. The molecule has 2 aromatic heterocycles. The Labute approximate surface area is 133 Å².